The van der Waals surface area contributed by atoms with Crippen LogP contribution in [0.3, 0.4) is 0 Å². The number of hydrogen-bond donors (Lipinski definition) is 0. The maximum atomic E-state index is 13.4. The highest BCUT2D eigenvalue weighted by Crippen LogP contribution is 2.22. The van der Waals surface area contributed by atoms with Gasteiger partial charge in [-0.05, 0) is 42.0 Å². The molecule has 0 radical (unpaired) electrons. The zero-order valence-corrected chi connectivity index (χ0v) is 12.1. The van der Waals surface area contributed by atoms with E-state index in [0.29, 0.717) is 24.7 Å². The van der Waals surface area contributed by atoms with Gasteiger partial charge in [0.05, 0.1) is 10.0 Å². The lowest BCUT2D eigenvalue weighted by Gasteiger charge is -2.37. The van der Waals surface area contributed by atoms with E-state index in [1.807, 2.05) is 7.05 Å². The lowest BCUT2D eigenvalue weighted by molar-refractivity contribution is 0.0571. The number of rotatable bonds is 1. The highest BCUT2D eigenvalue weighted by Gasteiger charge is 2.26. The molecule has 1 aromatic carbocycles. The van der Waals surface area contributed by atoms with Gasteiger partial charge in [0, 0.05) is 25.7 Å². The van der Waals surface area contributed by atoms with Crippen LogP contribution in [0.1, 0.15) is 17.3 Å². The van der Waals surface area contributed by atoms with Crippen molar-refractivity contribution in [1.82, 2.24) is 9.80 Å². The number of carbonyl (C=O) groups is 1. The topological polar surface area (TPSA) is 23.6 Å². The van der Waals surface area contributed by atoms with E-state index in [9.17, 15) is 9.18 Å². The van der Waals surface area contributed by atoms with Crippen molar-refractivity contribution in [3.63, 3.8) is 0 Å². The molecule has 5 heteroatoms. The van der Waals surface area contributed by atoms with E-state index in [2.05, 4.69) is 27.8 Å². The molecule has 1 aliphatic heterocycles. The molecule has 2 rings (SSSR count). The second-order valence-corrected chi connectivity index (χ2v) is 5.48. The van der Waals surface area contributed by atoms with Crippen molar-refractivity contribution >= 4 is 21.8 Å². The predicted octanol–water partition coefficient (Wildman–Crippen LogP) is 2.36. The van der Waals surface area contributed by atoms with Crippen molar-refractivity contribution in [2.75, 3.05) is 26.7 Å². The van der Waals surface area contributed by atoms with Crippen LogP contribution in [0.25, 0.3) is 0 Å². The molecule has 1 unspecified atom stereocenters. The summed E-state index contributed by atoms with van der Waals surface area (Å²) in [5, 5.41) is 0. The molecule has 1 heterocycles. The van der Waals surface area contributed by atoms with E-state index in [1.165, 1.54) is 6.07 Å². The first-order valence-electron chi connectivity index (χ1n) is 5.94. The molecule has 1 aromatic rings. The monoisotopic (exact) mass is 314 g/mol. The Kier molecular flexibility index (Phi) is 4.02. The van der Waals surface area contributed by atoms with Crippen LogP contribution in [0.4, 0.5) is 4.39 Å². The van der Waals surface area contributed by atoms with Crippen molar-refractivity contribution in [1.29, 1.82) is 0 Å². The Morgan fingerprint density at radius 3 is 2.83 bits per heavy atom. The Morgan fingerprint density at radius 1 is 1.44 bits per heavy atom. The SMILES string of the molecule is CC1CN(C(=O)c2cccc(F)c2Br)CCN1C. The lowest BCUT2D eigenvalue weighted by Crippen LogP contribution is -2.52. The fourth-order valence-electron chi connectivity index (χ4n) is 2.07. The molecule has 1 amide bonds. The molecule has 0 bridgehead atoms. The Labute approximate surface area is 115 Å². The molecular formula is C13H16BrFN2O. The van der Waals surface area contributed by atoms with Crippen molar-refractivity contribution in [3.05, 3.63) is 34.1 Å². The van der Waals surface area contributed by atoms with Gasteiger partial charge >= 0.3 is 0 Å². The van der Waals surface area contributed by atoms with Crippen LogP contribution in [0.2, 0.25) is 0 Å². The number of halogens is 2. The summed E-state index contributed by atoms with van der Waals surface area (Å²) in [6.07, 6.45) is 0. The average molecular weight is 315 g/mol. The van der Waals surface area contributed by atoms with Gasteiger partial charge in [0.1, 0.15) is 5.82 Å². The Balaban J connectivity index is 2.19. The fourth-order valence-corrected chi connectivity index (χ4v) is 2.51. The standard InChI is InChI=1S/C13H16BrFN2O/c1-9-8-17(7-6-16(9)2)13(18)10-4-3-5-11(15)12(10)14/h3-5,9H,6-8H2,1-2H3. The van der Waals surface area contributed by atoms with Crippen molar-refractivity contribution < 1.29 is 9.18 Å². The van der Waals surface area contributed by atoms with Crippen LogP contribution in [-0.2, 0) is 0 Å². The minimum Gasteiger partial charge on any atom is -0.336 e. The average Bonchev–Trinajstić information content (AvgIpc) is 2.35. The molecule has 1 aliphatic rings. The maximum absolute atomic E-state index is 13.4. The highest BCUT2D eigenvalue weighted by atomic mass is 79.9. The molecule has 18 heavy (non-hydrogen) atoms. The first-order valence-corrected chi connectivity index (χ1v) is 6.73. The molecule has 0 aromatic heterocycles. The van der Waals surface area contributed by atoms with Crippen LogP contribution in [0.5, 0.6) is 0 Å². The Bertz CT molecular complexity index is 466. The molecule has 0 spiro atoms. The van der Waals surface area contributed by atoms with E-state index < -0.39 is 5.82 Å². The molecule has 98 valence electrons. The van der Waals surface area contributed by atoms with Gasteiger partial charge in [-0.25, -0.2) is 4.39 Å². The largest absolute Gasteiger partial charge is 0.336 e. The zero-order valence-electron chi connectivity index (χ0n) is 10.5. The minimum atomic E-state index is -0.400. The molecule has 3 nitrogen and oxygen atoms in total. The maximum Gasteiger partial charge on any atom is 0.255 e. The zero-order chi connectivity index (χ0) is 13.3. The third-order valence-electron chi connectivity index (χ3n) is 3.43. The second-order valence-electron chi connectivity index (χ2n) is 4.68. The Hall–Kier alpha value is -0.940. The summed E-state index contributed by atoms with van der Waals surface area (Å²) >= 11 is 3.14. The smallest absolute Gasteiger partial charge is 0.255 e. The van der Waals surface area contributed by atoms with Crippen molar-refractivity contribution in [2.45, 2.75) is 13.0 Å². The van der Waals surface area contributed by atoms with Crippen molar-refractivity contribution in [3.8, 4) is 0 Å². The molecule has 1 saturated heterocycles. The van der Waals surface area contributed by atoms with Gasteiger partial charge in [-0.15, -0.1) is 0 Å². The molecule has 1 fully saturated rings. The third kappa shape index (κ3) is 2.57. The fraction of sp³-hybridized carbons (Fsp3) is 0.462. The van der Waals surface area contributed by atoms with Crippen LogP contribution in [-0.4, -0.2) is 48.4 Å². The summed E-state index contributed by atoms with van der Waals surface area (Å²) in [6.45, 7) is 4.29. The summed E-state index contributed by atoms with van der Waals surface area (Å²) < 4.78 is 13.7. The van der Waals surface area contributed by atoms with E-state index in [0.717, 1.165) is 6.54 Å². The predicted molar refractivity (Wildman–Crippen MR) is 72.1 cm³/mol. The van der Waals surface area contributed by atoms with E-state index >= 15 is 0 Å². The third-order valence-corrected chi connectivity index (χ3v) is 4.23. The summed E-state index contributed by atoms with van der Waals surface area (Å²) in [6, 6.07) is 4.88. The van der Waals surface area contributed by atoms with Crippen molar-refractivity contribution in [2.24, 2.45) is 0 Å². The second kappa shape index (κ2) is 5.36. The quantitative estimate of drug-likeness (QED) is 0.794. The van der Waals surface area contributed by atoms with E-state index in [1.54, 1.807) is 17.0 Å². The summed E-state index contributed by atoms with van der Waals surface area (Å²) in [5.74, 6) is -0.510. The van der Waals surface area contributed by atoms with Gasteiger partial charge in [-0.1, -0.05) is 6.07 Å². The van der Waals surface area contributed by atoms with Gasteiger partial charge in [-0.3, -0.25) is 4.79 Å². The molecule has 0 aliphatic carbocycles. The van der Waals surface area contributed by atoms with Crippen LogP contribution < -0.4 is 0 Å². The van der Waals surface area contributed by atoms with Gasteiger partial charge in [0.25, 0.3) is 5.91 Å². The van der Waals surface area contributed by atoms with Gasteiger partial charge in [0.2, 0.25) is 0 Å². The molecular weight excluding hydrogens is 299 g/mol. The van der Waals surface area contributed by atoms with E-state index in [4.69, 9.17) is 0 Å². The summed E-state index contributed by atoms with van der Waals surface area (Å²) in [5.41, 5.74) is 0.395. The summed E-state index contributed by atoms with van der Waals surface area (Å²) in [4.78, 5) is 16.3. The number of piperazine rings is 1. The number of carbonyl (C=O) groups excluding carboxylic acids is 1. The number of amides is 1. The van der Waals surface area contributed by atoms with E-state index in [-0.39, 0.29) is 10.4 Å². The number of likely N-dealkylation sites (N-methyl/N-ethyl adjacent to an activating group) is 1. The Morgan fingerprint density at radius 2 is 2.17 bits per heavy atom. The molecule has 1 atom stereocenters. The normalized spacial score (nSPS) is 21.1. The van der Waals surface area contributed by atoms with Crippen LogP contribution in [0, 0.1) is 5.82 Å². The van der Waals surface area contributed by atoms with Gasteiger partial charge < -0.3 is 9.80 Å². The van der Waals surface area contributed by atoms with Crippen LogP contribution >= 0.6 is 15.9 Å². The lowest BCUT2D eigenvalue weighted by atomic mass is 10.1. The first-order chi connectivity index (χ1) is 8.50. The minimum absolute atomic E-state index is 0.110. The number of benzene rings is 1. The summed E-state index contributed by atoms with van der Waals surface area (Å²) in [7, 11) is 2.05. The highest BCUT2D eigenvalue weighted by molar-refractivity contribution is 9.10. The molecule has 0 N–H and O–H groups in total. The molecule has 0 saturated carbocycles. The van der Waals surface area contributed by atoms with Gasteiger partial charge in [0.15, 0.2) is 0 Å². The number of nitrogens with zero attached hydrogens (tertiary/aromatic N) is 2. The first kappa shape index (κ1) is 13.5. The number of hydrogen-bond acceptors (Lipinski definition) is 2. The van der Waals surface area contributed by atoms with Gasteiger partial charge in [-0.2, -0.15) is 0 Å². The van der Waals surface area contributed by atoms with Crippen LogP contribution in [0.15, 0.2) is 22.7 Å².